The first-order valence-corrected chi connectivity index (χ1v) is 9.20. The molecule has 0 aliphatic carbocycles. The lowest BCUT2D eigenvalue weighted by Gasteiger charge is -2.19. The molecular formula is C15H18BrN5O3S. The molecule has 0 fully saturated rings. The summed E-state index contributed by atoms with van der Waals surface area (Å²) in [6.45, 7) is 1.86. The Morgan fingerprint density at radius 1 is 1.36 bits per heavy atom. The van der Waals surface area contributed by atoms with Gasteiger partial charge in [-0.15, -0.1) is 10.2 Å². The van der Waals surface area contributed by atoms with Crippen LogP contribution in [0.2, 0.25) is 0 Å². The number of nitrogens with one attached hydrogen (secondary N) is 1. The van der Waals surface area contributed by atoms with Crippen molar-refractivity contribution < 1.29 is 14.3 Å². The van der Waals surface area contributed by atoms with Gasteiger partial charge in [0.15, 0.2) is 5.16 Å². The number of esters is 1. The number of halogens is 1. The highest BCUT2D eigenvalue weighted by molar-refractivity contribution is 9.10. The van der Waals surface area contributed by atoms with E-state index in [1.54, 1.807) is 12.1 Å². The SMILES string of the molecule is CCC(C(=O)Nc1ccc(Br)cc1)n1c(N)nnc1SCC(=O)OC. The van der Waals surface area contributed by atoms with Gasteiger partial charge in [0.1, 0.15) is 6.04 Å². The summed E-state index contributed by atoms with van der Waals surface area (Å²) >= 11 is 4.47. The van der Waals surface area contributed by atoms with Crippen molar-refractivity contribution in [2.75, 3.05) is 23.9 Å². The van der Waals surface area contributed by atoms with Crippen LogP contribution >= 0.6 is 27.7 Å². The molecule has 0 bridgehead atoms. The van der Waals surface area contributed by atoms with Crippen LogP contribution < -0.4 is 11.1 Å². The zero-order valence-electron chi connectivity index (χ0n) is 13.7. The highest BCUT2D eigenvalue weighted by atomic mass is 79.9. The van der Waals surface area contributed by atoms with Crippen molar-refractivity contribution >= 4 is 51.2 Å². The Hall–Kier alpha value is -2.07. The van der Waals surface area contributed by atoms with Gasteiger partial charge in [0, 0.05) is 10.2 Å². The number of benzene rings is 1. The molecule has 0 spiro atoms. The zero-order chi connectivity index (χ0) is 18.4. The molecule has 0 aliphatic heterocycles. The summed E-state index contributed by atoms with van der Waals surface area (Å²) in [4.78, 5) is 24.0. The van der Waals surface area contributed by atoms with E-state index in [1.165, 1.54) is 11.7 Å². The van der Waals surface area contributed by atoms with Crippen molar-refractivity contribution in [2.24, 2.45) is 0 Å². The molecule has 2 rings (SSSR count). The Bertz CT molecular complexity index is 750. The van der Waals surface area contributed by atoms with Gasteiger partial charge in [-0.05, 0) is 30.7 Å². The smallest absolute Gasteiger partial charge is 0.316 e. The maximum absolute atomic E-state index is 12.7. The van der Waals surface area contributed by atoms with Gasteiger partial charge in [0.05, 0.1) is 12.9 Å². The van der Waals surface area contributed by atoms with E-state index < -0.39 is 12.0 Å². The molecule has 3 N–H and O–H groups in total. The number of hydrogen-bond acceptors (Lipinski definition) is 7. The fourth-order valence-corrected chi connectivity index (χ4v) is 3.19. The fourth-order valence-electron chi connectivity index (χ4n) is 2.11. The van der Waals surface area contributed by atoms with Crippen LogP contribution in [0.1, 0.15) is 19.4 Å². The summed E-state index contributed by atoms with van der Waals surface area (Å²) in [5.74, 6) is -0.466. The molecule has 1 unspecified atom stereocenters. The number of nitrogens with two attached hydrogens (primary N) is 1. The summed E-state index contributed by atoms with van der Waals surface area (Å²) in [6, 6.07) is 6.65. The van der Waals surface area contributed by atoms with Gasteiger partial charge in [0.25, 0.3) is 0 Å². The molecule has 1 aromatic heterocycles. The quantitative estimate of drug-likeness (QED) is 0.515. The molecule has 1 aromatic carbocycles. The van der Waals surface area contributed by atoms with Crippen molar-refractivity contribution in [1.29, 1.82) is 0 Å². The molecule has 1 atom stereocenters. The lowest BCUT2D eigenvalue weighted by atomic mass is 10.2. The van der Waals surface area contributed by atoms with Gasteiger partial charge in [-0.1, -0.05) is 34.6 Å². The van der Waals surface area contributed by atoms with Crippen LogP contribution in [-0.4, -0.2) is 39.5 Å². The molecule has 10 heteroatoms. The zero-order valence-corrected chi connectivity index (χ0v) is 16.1. The minimum absolute atomic E-state index is 0.0550. The number of nitrogens with zero attached hydrogens (tertiary/aromatic N) is 3. The van der Waals surface area contributed by atoms with E-state index >= 15 is 0 Å². The summed E-state index contributed by atoms with van der Waals surface area (Å²) in [7, 11) is 1.31. The predicted octanol–water partition coefficient (Wildman–Crippen LogP) is 2.48. The van der Waals surface area contributed by atoms with Crippen LogP contribution in [0.3, 0.4) is 0 Å². The monoisotopic (exact) mass is 427 g/mol. The maximum Gasteiger partial charge on any atom is 0.316 e. The van der Waals surface area contributed by atoms with Crippen molar-refractivity contribution in [2.45, 2.75) is 24.5 Å². The lowest BCUT2D eigenvalue weighted by Crippen LogP contribution is -2.27. The normalized spacial score (nSPS) is 11.8. The van der Waals surface area contributed by atoms with Crippen LogP contribution in [0, 0.1) is 0 Å². The number of nitrogen functional groups attached to an aromatic ring is 1. The van der Waals surface area contributed by atoms with Crippen LogP contribution in [0.15, 0.2) is 33.9 Å². The number of carbonyl (C=O) groups excluding carboxylic acids is 2. The molecular weight excluding hydrogens is 410 g/mol. The second-order valence-electron chi connectivity index (χ2n) is 5.00. The molecule has 0 aliphatic rings. The number of amides is 1. The molecule has 134 valence electrons. The number of aromatic nitrogens is 3. The van der Waals surface area contributed by atoms with E-state index in [2.05, 4.69) is 36.2 Å². The topological polar surface area (TPSA) is 112 Å². The highest BCUT2D eigenvalue weighted by Crippen LogP contribution is 2.26. The Kier molecular flexibility index (Phi) is 6.82. The largest absolute Gasteiger partial charge is 0.468 e. The van der Waals surface area contributed by atoms with Gasteiger partial charge in [-0.2, -0.15) is 0 Å². The van der Waals surface area contributed by atoms with Crippen molar-refractivity contribution in [3.05, 3.63) is 28.7 Å². The van der Waals surface area contributed by atoms with Crippen molar-refractivity contribution in [3.8, 4) is 0 Å². The summed E-state index contributed by atoms with van der Waals surface area (Å²) in [6.07, 6.45) is 0.483. The Balaban J connectivity index is 2.18. The number of anilines is 2. The molecule has 8 nitrogen and oxygen atoms in total. The van der Waals surface area contributed by atoms with Gasteiger partial charge in [0.2, 0.25) is 11.9 Å². The first kappa shape index (κ1) is 19.3. The lowest BCUT2D eigenvalue weighted by molar-refractivity contribution is -0.137. The van der Waals surface area contributed by atoms with E-state index in [0.29, 0.717) is 17.3 Å². The van der Waals surface area contributed by atoms with Gasteiger partial charge < -0.3 is 15.8 Å². The van der Waals surface area contributed by atoms with E-state index in [0.717, 1.165) is 16.2 Å². The molecule has 1 heterocycles. The van der Waals surface area contributed by atoms with Crippen LogP contribution in [0.5, 0.6) is 0 Å². The number of hydrogen-bond donors (Lipinski definition) is 2. The Morgan fingerprint density at radius 2 is 2.04 bits per heavy atom. The molecule has 2 aromatic rings. The summed E-state index contributed by atoms with van der Waals surface area (Å²) < 4.78 is 7.06. The fraction of sp³-hybridized carbons (Fsp3) is 0.333. The van der Waals surface area contributed by atoms with Crippen molar-refractivity contribution in [3.63, 3.8) is 0 Å². The standard InChI is InChI=1S/C15H18BrN5O3S/c1-3-11(13(23)18-10-6-4-9(16)5-7-10)21-14(17)19-20-15(21)25-8-12(22)24-2/h4-7,11H,3,8H2,1-2H3,(H2,17,19)(H,18,23). The Labute approximate surface area is 157 Å². The molecule has 0 saturated heterocycles. The van der Waals surface area contributed by atoms with Crippen LogP contribution in [0.4, 0.5) is 11.6 Å². The van der Waals surface area contributed by atoms with Crippen LogP contribution in [0.25, 0.3) is 0 Å². The third kappa shape index (κ3) is 4.95. The van der Waals surface area contributed by atoms with E-state index in [1.807, 2.05) is 19.1 Å². The molecule has 0 saturated carbocycles. The van der Waals surface area contributed by atoms with E-state index in [4.69, 9.17) is 5.73 Å². The van der Waals surface area contributed by atoms with E-state index in [-0.39, 0.29) is 17.6 Å². The number of ether oxygens (including phenoxy) is 1. The second kappa shape index (κ2) is 8.86. The average molecular weight is 428 g/mol. The predicted molar refractivity (Wildman–Crippen MR) is 99.3 cm³/mol. The minimum Gasteiger partial charge on any atom is -0.468 e. The average Bonchev–Trinajstić information content (AvgIpc) is 2.96. The number of carbonyl (C=O) groups is 2. The number of thioether (sulfide) groups is 1. The van der Waals surface area contributed by atoms with Crippen molar-refractivity contribution in [1.82, 2.24) is 14.8 Å². The third-order valence-corrected chi connectivity index (χ3v) is 4.80. The van der Waals surface area contributed by atoms with E-state index in [9.17, 15) is 9.59 Å². The number of rotatable bonds is 7. The summed E-state index contributed by atoms with van der Waals surface area (Å²) in [5.41, 5.74) is 6.55. The molecule has 1 amide bonds. The van der Waals surface area contributed by atoms with Crippen LogP contribution in [-0.2, 0) is 14.3 Å². The minimum atomic E-state index is -0.598. The highest BCUT2D eigenvalue weighted by Gasteiger charge is 2.25. The first-order chi connectivity index (χ1) is 12.0. The molecule has 0 radical (unpaired) electrons. The van der Waals surface area contributed by atoms with Gasteiger partial charge in [-0.25, -0.2) is 0 Å². The Morgan fingerprint density at radius 3 is 2.64 bits per heavy atom. The molecule has 25 heavy (non-hydrogen) atoms. The summed E-state index contributed by atoms with van der Waals surface area (Å²) in [5, 5.41) is 11.0. The maximum atomic E-state index is 12.7. The van der Waals surface area contributed by atoms with Gasteiger partial charge in [-0.3, -0.25) is 14.2 Å². The van der Waals surface area contributed by atoms with Gasteiger partial charge >= 0.3 is 5.97 Å². The first-order valence-electron chi connectivity index (χ1n) is 7.42. The third-order valence-electron chi connectivity index (χ3n) is 3.35. The second-order valence-corrected chi connectivity index (χ2v) is 6.85. The number of methoxy groups -OCH3 is 1.